The van der Waals surface area contributed by atoms with Crippen molar-refractivity contribution in [3.8, 4) is 0 Å². The largest absolute Gasteiger partial charge is 0.337 e. The Morgan fingerprint density at radius 3 is 2.63 bits per heavy atom. The second-order valence-electron chi connectivity index (χ2n) is 8.96. The number of H-pyrrole nitrogens is 1. The zero-order valence-electron chi connectivity index (χ0n) is 17.5. The van der Waals surface area contributed by atoms with E-state index in [0.29, 0.717) is 30.7 Å². The summed E-state index contributed by atoms with van der Waals surface area (Å²) in [6.07, 6.45) is 7.73. The van der Waals surface area contributed by atoms with E-state index < -0.39 is 0 Å². The molecule has 0 unspecified atom stereocenters. The number of aromatic nitrogens is 3. The average molecular weight is 412 g/mol. The quantitative estimate of drug-likeness (QED) is 0.820. The molecule has 2 aromatic heterocycles. The topological polar surface area (TPSA) is 90.8 Å². The molecule has 1 saturated carbocycles. The van der Waals surface area contributed by atoms with Gasteiger partial charge >= 0.3 is 0 Å². The summed E-state index contributed by atoms with van der Waals surface area (Å²) in [6, 6.07) is 1.86. The number of carbonyl (C=O) groups excluding carboxylic acids is 2. The van der Waals surface area contributed by atoms with Crippen molar-refractivity contribution >= 4 is 17.5 Å². The van der Waals surface area contributed by atoms with Crippen LogP contribution in [0.15, 0.2) is 10.9 Å². The number of nitrogens with zero attached hydrogens (tertiary/aromatic N) is 4. The third-order valence-corrected chi connectivity index (χ3v) is 7.06. The summed E-state index contributed by atoms with van der Waals surface area (Å²) in [5, 5.41) is 3.21. The lowest BCUT2D eigenvalue weighted by atomic mass is 9.99. The molecule has 1 N–H and O–H groups in total. The number of piperidine rings is 1. The molecule has 0 radical (unpaired) electrons. The number of aromatic amines is 1. The van der Waals surface area contributed by atoms with E-state index in [-0.39, 0.29) is 29.3 Å². The molecule has 0 bridgehead atoms. The smallest absolute Gasteiger partial charge is 0.277 e. The van der Waals surface area contributed by atoms with E-state index in [2.05, 4.69) is 5.10 Å². The van der Waals surface area contributed by atoms with Crippen LogP contribution in [0.5, 0.6) is 0 Å². The second kappa shape index (κ2) is 7.56. The van der Waals surface area contributed by atoms with Gasteiger partial charge in [0.15, 0.2) is 5.65 Å². The first-order valence-corrected chi connectivity index (χ1v) is 11.2. The lowest BCUT2D eigenvalue weighted by molar-refractivity contribution is -0.136. The summed E-state index contributed by atoms with van der Waals surface area (Å²) in [6.45, 7) is 3.31. The van der Waals surface area contributed by atoms with Crippen LogP contribution >= 0.6 is 0 Å². The lowest BCUT2D eigenvalue weighted by Crippen LogP contribution is -2.42. The van der Waals surface area contributed by atoms with Crippen molar-refractivity contribution in [3.63, 3.8) is 0 Å². The highest BCUT2D eigenvalue weighted by Gasteiger charge is 2.32. The standard InChI is InChI=1S/C22H29N5O3/c1-14(28)26-10-5-4-8-19(26)18-12-20-23-17-9-11-25(21(29)15-6-2-3-7-15)13-16(17)22(30)27(20)24-18/h12,15,19,24H,2-11,13H2,1H3/t19-/m0/s1. The minimum Gasteiger partial charge on any atom is -0.337 e. The Morgan fingerprint density at radius 1 is 1.10 bits per heavy atom. The Labute approximate surface area is 175 Å². The maximum absolute atomic E-state index is 13.2. The fourth-order valence-corrected chi connectivity index (χ4v) is 5.42. The van der Waals surface area contributed by atoms with Crippen molar-refractivity contribution in [2.45, 2.75) is 70.9 Å². The molecule has 0 spiro atoms. The van der Waals surface area contributed by atoms with Crippen LogP contribution in [0.25, 0.3) is 5.65 Å². The van der Waals surface area contributed by atoms with E-state index >= 15 is 0 Å². The summed E-state index contributed by atoms with van der Waals surface area (Å²) >= 11 is 0. The van der Waals surface area contributed by atoms with Gasteiger partial charge in [-0.1, -0.05) is 12.8 Å². The van der Waals surface area contributed by atoms with E-state index in [1.807, 2.05) is 15.9 Å². The number of nitrogens with one attached hydrogen (secondary N) is 1. The molecule has 2 aliphatic heterocycles. The molecular formula is C22H29N5O3. The number of rotatable bonds is 2. The van der Waals surface area contributed by atoms with Crippen LogP contribution in [0.3, 0.4) is 0 Å². The van der Waals surface area contributed by atoms with Crippen molar-refractivity contribution in [1.29, 1.82) is 0 Å². The minimum absolute atomic E-state index is 0.0465. The summed E-state index contributed by atoms with van der Waals surface area (Å²) < 4.78 is 1.49. The van der Waals surface area contributed by atoms with Crippen LogP contribution < -0.4 is 5.56 Å². The highest BCUT2D eigenvalue weighted by molar-refractivity contribution is 5.79. The van der Waals surface area contributed by atoms with Crippen molar-refractivity contribution in [1.82, 2.24) is 24.4 Å². The van der Waals surface area contributed by atoms with Crippen LogP contribution in [-0.4, -0.2) is 49.3 Å². The molecule has 5 rings (SSSR count). The zero-order chi connectivity index (χ0) is 20.8. The summed E-state index contributed by atoms with van der Waals surface area (Å²) in [4.78, 5) is 46.6. The Morgan fingerprint density at radius 2 is 1.87 bits per heavy atom. The van der Waals surface area contributed by atoms with E-state index in [4.69, 9.17) is 4.98 Å². The van der Waals surface area contributed by atoms with Crippen LogP contribution in [0, 0.1) is 5.92 Å². The first-order chi connectivity index (χ1) is 14.5. The van der Waals surface area contributed by atoms with E-state index in [9.17, 15) is 14.4 Å². The van der Waals surface area contributed by atoms with Crippen molar-refractivity contribution < 1.29 is 9.59 Å². The predicted octanol–water partition coefficient (Wildman–Crippen LogP) is 2.17. The fourth-order valence-electron chi connectivity index (χ4n) is 5.42. The predicted molar refractivity (Wildman–Crippen MR) is 111 cm³/mol. The molecule has 3 aliphatic rings. The number of hydrogen-bond donors (Lipinski definition) is 1. The lowest BCUT2D eigenvalue weighted by Gasteiger charge is -2.34. The SMILES string of the molecule is CC(=O)N1CCCC[C@H]1c1cc2nc3c(c(=O)n2[nH]1)CN(C(=O)C1CCCC1)CC3. The van der Waals surface area contributed by atoms with Gasteiger partial charge in [-0.25, -0.2) is 9.50 Å². The zero-order valence-corrected chi connectivity index (χ0v) is 17.5. The van der Waals surface area contributed by atoms with Crippen LogP contribution in [-0.2, 0) is 22.6 Å². The van der Waals surface area contributed by atoms with E-state index in [0.717, 1.165) is 62.9 Å². The van der Waals surface area contributed by atoms with Gasteiger partial charge in [0, 0.05) is 38.4 Å². The number of hydrogen-bond acceptors (Lipinski definition) is 4. The number of carbonyl (C=O) groups is 2. The maximum atomic E-state index is 13.2. The van der Waals surface area contributed by atoms with Gasteiger partial charge in [0.05, 0.1) is 29.5 Å². The maximum Gasteiger partial charge on any atom is 0.277 e. The molecule has 0 aromatic carbocycles. The van der Waals surface area contributed by atoms with Crippen LogP contribution in [0.1, 0.15) is 74.9 Å². The molecule has 1 aliphatic carbocycles. The molecule has 1 saturated heterocycles. The van der Waals surface area contributed by atoms with E-state index in [1.54, 1.807) is 6.92 Å². The minimum atomic E-state index is -0.129. The summed E-state index contributed by atoms with van der Waals surface area (Å²) in [5.41, 5.74) is 2.74. The Bertz CT molecular complexity index is 1050. The molecule has 8 heteroatoms. The van der Waals surface area contributed by atoms with Gasteiger partial charge in [-0.3, -0.25) is 19.5 Å². The molecule has 2 fully saturated rings. The number of fused-ring (bicyclic) bond motifs is 2. The van der Waals surface area contributed by atoms with Crippen LogP contribution in [0.4, 0.5) is 0 Å². The molecule has 1 atom stereocenters. The molecule has 4 heterocycles. The molecule has 2 aromatic rings. The average Bonchev–Trinajstić information content (AvgIpc) is 3.43. The third-order valence-electron chi connectivity index (χ3n) is 7.06. The Balaban J connectivity index is 1.47. The highest BCUT2D eigenvalue weighted by Crippen LogP contribution is 2.31. The number of amides is 2. The first-order valence-electron chi connectivity index (χ1n) is 11.2. The molecule has 8 nitrogen and oxygen atoms in total. The first kappa shape index (κ1) is 19.3. The van der Waals surface area contributed by atoms with E-state index in [1.165, 1.54) is 4.52 Å². The molecule has 30 heavy (non-hydrogen) atoms. The van der Waals surface area contributed by atoms with Gasteiger partial charge in [0.1, 0.15) is 0 Å². The van der Waals surface area contributed by atoms with Gasteiger partial charge in [0.25, 0.3) is 5.56 Å². The van der Waals surface area contributed by atoms with Crippen molar-refractivity contribution in [3.05, 3.63) is 33.4 Å². The molecule has 160 valence electrons. The highest BCUT2D eigenvalue weighted by atomic mass is 16.2. The van der Waals surface area contributed by atoms with Crippen molar-refractivity contribution in [2.24, 2.45) is 5.92 Å². The van der Waals surface area contributed by atoms with Gasteiger partial charge < -0.3 is 9.80 Å². The third kappa shape index (κ3) is 3.22. The van der Waals surface area contributed by atoms with Crippen LogP contribution in [0.2, 0.25) is 0 Å². The Hall–Kier alpha value is -2.64. The van der Waals surface area contributed by atoms with Gasteiger partial charge in [-0.15, -0.1) is 0 Å². The van der Waals surface area contributed by atoms with Crippen molar-refractivity contribution in [2.75, 3.05) is 13.1 Å². The van der Waals surface area contributed by atoms with Gasteiger partial charge in [-0.2, -0.15) is 0 Å². The molecular weight excluding hydrogens is 382 g/mol. The number of likely N-dealkylation sites (tertiary alicyclic amines) is 1. The normalized spacial score (nSPS) is 22.5. The Kier molecular flexibility index (Phi) is 4.87. The van der Waals surface area contributed by atoms with Gasteiger partial charge in [0.2, 0.25) is 11.8 Å². The second-order valence-corrected chi connectivity index (χ2v) is 8.96. The summed E-state index contributed by atoms with van der Waals surface area (Å²) in [7, 11) is 0. The summed E-state index contributed by atoms with van der Waals surface area (Å²) in [5.74, 6) is 0.361. The molecule has 2 amide bonds. The van der Waals surface area contributed by atoms with Gasteiger partial charge in [-0.05, 0) is 32.1 Å². The monoisotopic (exact) mass is 411 g/mol. The fraction of sp³-hybridized carbons (Fsp3) is 0.636.